The third-order valence-corrected chi connectivity index (χ3v) is 1.80. The monoisotopic (exact) mass is 201 g/mol. The summed E-state index contributed by atoms with van der Waals surface area (Å²) in [5, 5.41) is 0. The van der Waals surface area contributed by atoms with Crippen molar-refractivity contribution in [2.24, 2.45) is 5.73 Å². The molecule has 0 unspecified atom stereocenters. The smallest absolute Gasteiger partial charge is 0.243 e. The number of primary amides is 1. The van der Waals surface area contributed by atoms with Crippen molar-refractivity contribution in [1.29, 1.82) is 0 Å². The highest BCUT2D eigenvalue weighted by molar-refractivity contribution is 7.71. The summed E-state index contributed by atoms with van der Waals surface area (Å²) in [6.45, 7) is 1.00. The van der Waals surface area contributed by atoms with E-state index in [2.05, 4.69) is 4.98 Å². The number of nitrogens with one attached hydrogen (secondary N) is 1. The van der Waals surface area contributed by atoms with Gasteiger partial charge in [0.25, 0.3) is 0 Å². The number of nitrogens with two attached hydrogens (primary N) is 1. The van der Waals surface area contributed by atoms with Crippen molar-refractivity contribution in [2.45, 2.75) is 6.54 Å². The Bertz CT molecular complexity index is 330. The Hall–Kier alpha value is -1.14. The first-order valence-corrected chi connectivity index (χ1v) is 4.21. The fourth-order valence-corrected chi connectivity index (χ4v) is 1.08. The molecule has 1 aromatic rings. The van der Waals surface area contributed by atoms with Crippen LogP contribution in [0.5, 0.6) is 0 Å². The number of nitrogens with zero attached hydrogens (tertiary/aromatic N) is 1. The number of imidazole rings is 1. The van der Waals surface area contributed by atoms with E-state index in [-0.39, 0.29) is 6.61 Å². The Kier molecular flexibility index (Phi) is 3.66. The summed E-state index contributed by atoms with van der Waals surface area (Å²) < 4.78 is 7.42. The second kappa shape index (κ2) is 4.78. The van der Waals surface area contributed by atoms with E-state index in [1.807, 2.05) is 10.8 Å². The number of carbonyl (C=O) groups is 1. The molecule has 0 aliphatic rings. The number of rotatable bonds is 5. The van der Waals surface area contributed by atoms with Gasteiger partial charge in [0.15, 0.2) is 4.77 Å². The number of hydrogen-bond acceptors (Lipinski definition) is 3. The predicted molar refractivity (Wildman–Crippen MR) is 49.6 cm³/mol. The fraction of sp³-hybridized carbons (Fsp3) is 0.429. The lowest BCUT2D eigenvalue weighted by Gasteiger charge is -2.02. The average molecular weight is 201 g/mol. The maximum Gasteiger partial charge on any atom is 0.243 e. The largest absolute Gasteiger partial charge is 0.370 e. The van der Waals surface area contributed by atoms with Crippen LogP contribution in [-0.2, 0) is 16.1 Å². The quantitative estimate of drug-likeness (QED) is 0.522. The van der Waals surface area contributed by atoms with Crippen LogP contribution in [0.4, 0.5) is 0 Å². The minimum absolute atomic E-state index is 0.0439. The van der Waals surface area contributed by atoms with Crippen molar-refractivity contribution >= 4 is 18.1 Å². The van der Waals surface area contributed by atoms with Crippen molar-refractivity contribution in [3.05, 3.63) is 17.2 Å². The highest BCUT2D eigenvalue weighted by Crippen LogP contribution is 1.90. The molecular weight excluding hydrogens is 190 g/mol. The lowest BCUT2D eigenvalue weighted by atomic mass is 10.6. The molecule has 3 N–H and O–H groups in total. The summed E-state index contributed by atoms with van der Waals surface area (Å²) in [6.07, 6.45) is 3.56. The van der Waals surface area contributed by atoms with E-state index in [1.54, 1.807) is 6.20 Å². The van der Waals surface area contributed by atoms with Crippen LogP contribution in [0.25, 0.3) is 0 Å². The standard InChI is InChI=1S/C7H11N3O2S/c8-6(11)5-12-4-3-10-2-1-9-7(10)13/h1-2H,3-5H2,(H2,8,11)(H,9,13). The van der Waals surface area contributed by atoms with Gasteiger partial charge >= 0.3 is 0 Å². The van der Waals surface area contributed by atoms with Gasteiger partial charge < -0.3 is 20.0 Å². The molecule has 0 saturated carbocycles. The Morgan fingerprint density at radius 1 is 1.77 bits per heavy atom. The highest BCUT2D eigenvalue weighted by atomic mass is 32.1. The molecule has 0 spiro atoms. The van der Waals surface area contributed by atoms with Crippen LogP contribution in [0.3, 0.4) is 0 Å². The van der Waals surface area contributed by atoms with E-state index in [4.69, 9.17) is 22.7 Å². The maximum absolute atomic E-state index is 10.3. The average Bonchev–Trinajstić information content (AvgIpc) is 2.45. The predicted octanol–water partition coefficient (Wildman–Crippen LogP) is 0.0476. The molecule has 6 heteroatoms. The first-order chi connectivity index (χ1) is 6.20. The van der Waals surface area contributed by atoms with Crippen molar-refractivity contribution < 1.29 is 9.53 Å². The number of aromatic nitrogens is 2. The molecule has 0 aromatic carbocycles. The first-order valence-electron chi connectivity index (χ1n) is 3.80. The zero-order chi connectivity index (χ0) is 9.68. The zero-order valence-corrected chi connectivity index (χ0v) is 7.84. The van der Waals surface area contributed by atoms with Gasteiger partial charge in [-0.1, -0.05) is 0 Å². The van der Waals surface area contributed by atoms with Gasteiger partial charge in [-0.25, -0.2) is 0 Å². The van der Waals surface area contributed by atoms with Gasteiger partial charge in [0.05, 0.1) is 6.61 Å². The summed E-state index contributed by atoms with van der Waals surface area (Å²) in [4.78, 5) is 13.1. The van der Waals surface area contributed by atoms with Gasteiger partial charge in [-0.15, -0.1) is 0 Å². The van der Waals surface area contributed by atoms with Crippen LogP contribution in [0.15, 0.2) is 12.4 Å². The number of amides is 1. The molecule has 1 rings (SSSR count). The van der Waals surface area contributed by atoms with Crippen LogP contribution in [-0.4, -0.2) is 28.7 Å². The molecule has 1 heterocycles. The molecule has 72 valence electrons. The third kappa shape index (κ3) is 3.39. The molecule has 0 aliphatic carbocycles. The normalized spacial score (nSPS) is 10.2. The van der Waals surface area contributed by atoms with Crippen molar-refractivity contribution in [2.75, 3.05) is 13.2 Å². The number of carbonyl (C=O) groups excluding carboxylic acids is 1. The third-order valence-electron chi connectivity index (χ3n) is 1.44. The summed E-state index contributed by atoms with van der Waals surface area (Å²) in [5.41, 5.74) is 4.88. The second-order valence-electron chi connectivity index (χ2n) is 2.48. The molecule has 0 aliphatic heterocycles. The molecule has 0 bridgehead atoms. The van der Waals surface area contributed by atoms with Crippen LogP contribution in [0.2, 0.25) is 0 Å². The zero-order valence-electron chi connectivity index (χ0n) is 7.03. The van der Waals surface area contributed by atoms with E-state index in [0.29, 0.717) is 17.9 Å². The summed E-state index contributed by atoms with van der Waals surface area (Å²) in [6, 6.07) is 0. The van der Waals surface area contributed by atoms with E-state index in [9.17, 15) is 4.79 Å². The molecule has 0 atom stereocenters. The number of aromatic amines is 1. The van der Waals surface area contributed by atoms with Crippen molar-refractivity contribution in [1.82, 2.24) is 9.55 Å². The Balaban J connectivity index is 2.24. The van der Waals surface area contributed by atoms with Gasteiger partial charge in [0.2, 0.25) is 5.91 Å². The van der Waals surface area contributed by atoms with Gasteiger partial charge in [0.1, 0.15) is 6.61 Å². The van der Waals surface area contributed by atoms with Gasteiger partial charge in [-0.05, 0) is 12.2 Å². The van der Waals surface area contributed by atoms with Crippen LogP contribution in [0, 0.1) is 4.77 Å². The van der Waals surface area contributed by atoms with Gasteiger partial charge in [-0.2, -0.15) is 0 Å². The SMILES string of the molecule is NC(=O)COCCn1cc[nH]c1=S. The van der Waals surface area contributed by atoms with Crippen molar-refractivity contribution in [3.63, 3.8) is 0 Å². The van der Waals surface area contributed by atoms with Gasteiger partial charge in [-0.3, -0.25) is 4.79 Å². The van der Waals surface area contributed by atoms with E-state index in [1.165, 1.54) is 0 Å². The maximum atomic E-state index is 10.3. The molecule has 13 heavy (non-hydrogen) atoms. The summed E-state index contributed by atoms with van der Waals surface area (Å²) >= 11 is 4.95. The Labute approximate surface area is 80.5 Å². The molecule has 5 nitrogen and oxygen atoms in total. The number of H-pyrrole nitrogens is 1. The lowest BCUT2D eigenvalue weighted by Crippen LogP contribution is -2.19. The summed E-state index contributed by atoms with van der Waals surface area (Å²) in [7, 11) is 0. The minimum atomic E-state index is -0.460. The van der Waals surface area contributed by atoms with Crippen molar-refractivity contribution in [3.8, 4) is 0 Å². The van der Waals surface area contributed by atoms with Gasteiger partial charge in [0, 0.05) is 18.9 Å². The topological polar surface area (TPSA) is 73.0 Å². The highest BCUT2D eigenvalue weighted by Gasteiger charge is 1.95. The fourth-order valence-electron chi connectivity index (χ4n) is 0.861. The molecule has 0 fully saturated rings. The van der Waals surface area contributed by atoms with E-state index in [0.717, 1.165) is 0 Å². The van der Waals surface area contributed by atoms with E-state index < -0.39 is 5.91 Å². The molecule has 0 radical (unpaired) electrons. The first kappa shape index (κ1) is 9.94. The molecule has 0 saturated heterocycles. The van der Waals surface area contributed by atoms with E-state index >= 15 is 0 Å². The van der Waals surface area contributed by atoms with Crippen LogP contribution >= 0.6 is 12.2 Å². The molecular formula is C7H11N3O2S. The Morgan fingerprint density at radius 3 is 3.08 bits per heavy atom. The molecule has 1 aromatic heterocycles. The molecule has 1 amide bonds. The number of ether oxygens (including phenoxy) is 1. The minimum Gasteiger partial charge on any atom is -0.370 e. The lowest BCUT2D eigenvalue weighted by molar-refractivity contribution is -0.122. The number of hydrogen-bond donors (Lipinski definition) is 2. The van der Waals surface area contributed by atoms with Crippen LogP contribution < -0.4 is 5.73 Å². The van der Waals surface area contributed by atoms with Crippen LogP contribution in [0.1, 0.15) is 0 Å². The summed E-state index contributed by atoms with van der Waals surface area (Å²) in [5.74, 6) is -0.460. The second-order valence-corrected chi connectivity index (χ2v) is 2.86. The Morgan fingerprint density at radius 2 is 2.54 bits per heavy atom.